The Morgan fingerprint density at radius 1 is 1.47 bits per heavy atom. The largest absolute Gasteiger partial charge is 0.492 e. The minimum atomic E-state index is -0.461. The Hall–Kier alpha value is -2.02. The van der Waals surface area contributed by atoms with Crippen molar-refractivity contribution in [1.29, 1.82) is 5.26 Å². The molecule has 0 atom stereocenters. The molecule has 1 rings (SSSR count). The summed E-state index contributed by atoms with van der Waals surface area (Å²) in [7, 11) is 1.30. The van der Waals surface area contributed by atoms with Gasteiger partial charge in [0.1, 0.15) is 11.8 Å². The molecule has 0 spiro atoms. The first-order chi connectivity index (χ1) is 8.08. The fraction of sp³-hybridized carbons (Fsp3) is 0.385. The van der Waals surface area contributed by atoms with Crippen LogP contribution in [0.25, 0.3) is 0 Å². The smallest absolute Gasteiger partial charge is 0.337 e. The highest BCUT2D eigenvalue weighted by Gasteiger charge is 2.10. The van der Waals surface area contributed by atoms with Crippen molar-refractivity contribution in [3.05, 3.63) is 29.3 Å². The SMILES string of the molecule is COC(=O)c1ccc(OCC(C)C)c(C#N)c1. The fourth-order valence-electron chi connectivity index (χ4n) is 1.24. The summed E-state index contributed by atoms with van der Waals surface area (Å²) < 4.78 is 10.1. The standard InChI is InChI=1S/C13H15NO3/c1-9(2)8-17-12-5-4-10(13(15)16-3)6-11(12)7-14/h4-6,9H,8H2,1-3H3. The third-order valence-electron chi connectivity index (χ3n) is 2.09. The van der Waals surface area contributed by atoms with Crippen LogP contribution in [-0.2, 0) is 4.74 Å². The first kappa shape index (κ1) is 13.0. The Kier molecular flexibility index (Phi) is 4.53. The number of hydrogen-bond donors (Lipinski definition) is 0. The summed E-state index contributed by atoms with van der Waals surface area (Å²) in [5.41, 5.74) is 0.689. The first-order valence-electron chi connectivity index (χ1n) is 5.33. The molecule has 0 aromatic heterocycles. The van der Waals surface area contributed by atoms with Crippen LogP contribution in [0.15, 0.2) is 18.2 Å². The topological polar surface area (TPSA) is 59.3 Å². The van der Waals surface area contributed by atoms with Crippen LogP contribution in [0.1, 0.15) is 29.8 Å². The van der Waals surface area contributed by atoms with Crippen molar-refractivity contribution in [2.75, 3.05) is 13.7 Å². The van der Waals surface area contributed by atoms with Gasteiger partial charge in [-0.1, -0.05) is 13.8 Å². The van der Waals surface area contributed by atoms with Gasteiger partial charge in [0.15, 0.2) is 0 Å². The maximum atomic E-state index is 11.3. The van der Waals surface area contributed by atoms with Gasteiger partial charge in [-0.15, -0.1) is 0 Å². The van der Waals surface area contributed by atoms with Crippen molar-refractivity contribution >= 4 is 5.97 Å². The molecule has 0 aliphatic heterocycles. The third kappa shape index (κ3) is 3.49. The Labute approximate surface area is 101 Å². The minimum Gasteiger partial charge on any atom is -0.492 e. The molecule has 1 aromatic carbocycles. The molecule has 0 N–H and O–H groups in total. The van der Waals surface area contributed by atoms with Gasteiger partial charge < -0.3 is 9.47 Å². The predicted molar refractivity (Wildman–Crippen MR) is 62.8 cm³/mol. The van der Waals surface area contributed by atoms with Gasteiger partial charge >= 0.3 is 5.97 Å². The Morgan fingerprint density at radius 2 is 2.18 bits per heavy atom. The third-order valence-corrected chi connectivity index (χ3v) is 2.09. The molecule has 0 aliphatic carbocycles. The molecular weight excluding hydrogens is 218 g/mol. The zero-order valence-corrected chi connectivity index (χ0v) is 10.2. The number of ether oxygens (including phenoxy) is 2. The average Bonchev–Trinajstić information content (AvgIpc) is 2.34. The van der Waals surface area contributed by atoms with E-state index in [2.05, 4.69) is 4.74 Å². The summed E-state index contributed by atoms with van der Waals surface area (Å²) >= 11 is 0. The number of carbonyl (C=O) groups is 1. The van der Waals surface area contributed by atoms with Crippen LogP contribution in [0.2, 0.25) is 0 Å². The molecule has 0 amide bonds. The monoisotopic (exact) mass is 233 g/mol. The predicted octanol–water partition coefficient (Wildman–Crippen LogP) is 2.38. The van der Waals surface area contributed by atoms with Gasteiger partial charge in [0.25, 0.3) is 0 Å². The van der Waals surface area contributed by atoms with Crippen LogP contribution in [-0.4, -0.2) is 19.7 Å². The lowest BCUT2D eigenvalue weighted by Gasteiger charge is -2.10. The number of nitriles is 1. The van der Waals surface area contributed by atoms with Gasteiger partial charge in [-0.3, -0.25) is 0 Å². The van der Waals surface area contributed by atoms with Gasteiger partial charge in [-0.25, -0.2) is 4.79 Å². The molecule has 4 heteroatoms. The van der Waals surface area contributed by atoms with E-state index in [1.807, 2.05) is 19.9 Å². The number of carbonyl (C=O) groups excluding carboxylic acids is 1. The van der Waals surface area contributed by atoms with Crippen LogP contribution in [0.5, 0.6) is 5.75 Å². The lowest BCUT2D eigenvalue weighted by molar-refractivity contribution is 0.0600. The van der Waals surface area contributed by atoms with Gasteiger partial charge in [-0.05, 0) is 24.1 Å². The molecule has 0 unspecified atom stereocenters. The zero-order valence-electron chi connectivity index (χ0n) is 10.2. The highest BCUT2D eigenvalue weighted by molar-refractivity contribution is 5.90. The molecule has 0 bridgehead atoms. The Balaban J connectivity index is 2.94. The molecule has 0 heterocycles. The summed E-state index contributed by atoms with van der Waals surface area (Å²) in [4.78, 5) is 11.3. The van der Waals surface area contributed by atoms with E-state index in [1.165, 1.54) is 13.2 Å². The van der Waals surface area contributed by atoms with E-state index in [0.29, 0.717) is 29.4 Å². The van der Waals surface area contributed by atoms with Crippen molar-refractivity contribution in [2.24, 2.45) is 5.92 Å². The fourth-order valence-corrected chi connectivity index (χ4v) is 1.24. The highest BCUT2D eigenvalue weighted by atomic mass is 16.5. The number of esters is 1. The summed E-state index contributed by atoms with van der Waals surface area (Å²) in [5, 5.41) is 8.98. The molecule has 90 valence electrons. The second-order valence-electron chi connectivity index (χ2n) is 4.02. The molecule has 4 nitrogen and oxygen atoms in total. The van der Waals surface area contributed by atoms with Gasteiger partial charge in [0.2, 0.25) is 0 Å². The minimum absolute atomic E-state index is 0.341. The van der Waals surface area contributed by atoms with Gasteiger partial charge in [0.05, 0.1) is 24.8 Å². The van der Waals surface area contributed by atoms with Crippen molar-refractivity contribution in [2.45, 2.75) is 13.8 Å². The van der Waals surface area contributed by atoms with E-state index >= 15 is 0 Å². The lowest BCUT2D eigenvalue weighted by atomic mass is 10.1. The van der Waals surface area contributed by atoms with E-state index in [4.69, 9.17) is 10.00 Å². The van der Waals surface area contributed by atoms with Crippen LogP contribution in [0.4, 0.5) is 0 Å². The molecule has 0 saturated heterocycles. The quantitative estimate of drug-likeness (QED) is 0.749. The normalized spacial score (nSPS) is 9.82. The summed E-state index contributed by atoms with van der Waals surface area (Å²) in [6.07, 6.45) is 0. The van der Waals surface area contributed by atoms with Crippen molar-refractivity contribution in [3.8, 4) is 11.8 Å². The lowest BCUT2D eigenvalue weighted by Crippen LogP contribution is -2.07. The number of rotatable bonds is 4. The molecule has 0 aliphatic rings. The van der Waals surface area contributed by atoms with E-state index in [0.717, 1.165) is 0 Å². The number of benzene rings is 1. The Bertz CT molecular complexity index is 446. The molecule has 1 aromatic rings. The second kappa shape index (κ2) is 5.90. The average molecular weight is 233 g/mol. The van der Waals surface area contributed by atoms with E-state index < -0.39 is 5.97 Å². The maximum absolute atomic E-state index is 11.3. The molecule has 17 heavy (non-hydrogen) atoms. The zero-order chi connectivity index (χ0) is 12.8. The molecule has 0 radical (unpaired) electrons. The van der Waals surface area contributed by atoms with E-state index in [9.17, 15) is 4.79 Å². The van der Waals surface area contributed by atoms with Gasteiger partial charge in [0, 0.05) is 0 Å². The van der Waals surface area contributed by atoms with Gasteiger partial charge in [-0.2, -0.15) is 5.26 Å². The molecular formula is C13H15NO3. The summed E-state index contributed by atoms with van der Waals surface area (Å²) in [6, 6.07) is 6.68. The van der Waals surface area contributed by atoms with Crippen LogP contribution in [0.3, 0.4) is 0 Å². The summed E-state index contributed by atoms with van der Waals surface area (Å²) in [5.74, 6) is 0.410. The number of methoxy groups -OCH3 is 1. The second-order valence-corrected chi connectivity index (χ2v) is 4.02. The van der Waals surface area contributed by atoms with Crippen LogP contribution >= 0.6 is 0 Å². The van der Waals surface area contributed by atoms with Crippen LogP contribution in [0, 0.1) is 17.2 Å². The highest BCUT2D eigenvalue weighted by Crippen LogP contribution is 2.20. The van der Waals surface area contributed by atoms with Crippen molar-refractivity contribution in [3.63, 3.8) is 0 Å². The number of nitrogens with zero attached hydrogens (tertiary/aromatic N) is 1. The number of hydrogen-bond acceptors (Lipinski definition) is 4. The van der Waals surface area contributed by atoms with E-state index in [-0.39, 0.29) is 0 Å². The Morgan fingerprint density at radius 3 is 2.71 bits per heavy atom. The maximum Gasteiger partial charge on any atom is 0.337 e. The van der Waals surface area contributed by atoms with E-state index in [1.54, 1.807) is 12.1 Å². The molecule has 0 fully saturated rings. The van der Waals surface area contributed by atoms with Crippen molar-refractivity contribution < 1.29 is 14.3 Å². The van der Waals surface area contributed by atoms with Crippen LogP contribution < -0.4 is 4.74 Å². The summed E-state index contributed by atoms with van der Waals surface area (Å²) in [6.45, 7) is 4.58. The van der Waals surface area contributed by atoms with Crippen molar-refractivity contribution in [1.82, 2.24) is 0 Å². The molecule has 0 saturated carbocycles. The first-order valence-corrected chi connectivity index (χ1v) is 5.33.